The van der Waals surface area contributed by atoms with E-state index < -0.39 is 0 Å². The van der Waals surface area contributed by atoms with Gasteiger partial charge in [0.15, 0.2) is 0 Å². The lowest BCUT2D eigenvalue weighted by atomic mass is 10.1. The molecule has 2 N–H and O–H groups in total. The van der Waals surface area contributed by atoms with Crippen LogP contribution in [0.2, 0.25) is 0 Å². The lowest BCUT2D eigenvalue weighted by Gasteiger charge is -2.30. The fourth-order valence-corrected chi connectivity index (χ4v) is 3.65. The predicted molar refractivity (Wildman–Crippen MR) is 83.6 cm³/mol. The molecule has 1 aromatic carbocycles. The summed E-state index contributed by atoms with van der Waals surface area (Å²) in [4.78, 5) is 26.9. The molecule has 0 aromatic heterocycles. The number of thioether (sulfide) groups is 1. The highest BCUT2D eigenvalue weighted by Crippen LogP contribution is 2.34. The van der Waals surface area contributed by atoms with Gasteiger partial charge < -0.3 is 15.5 Å². The van der Waals surface area contributed by atoms with E-state index in [0.717, 1.165) is 36.5 Å². The zero-order chi connectivity index (χ0) is 14.7. The van der Waals surface area contributed by atoms with Crippen molar-refractivity contribution in [2.24, 2.45) is 0 Å². The van der Waals surface area contributed by atoms with Crippen molar-refractivity contribution in [2.75, 3.05) is 30.3 Å². The molecule has 2 aliphatic rings. The Hall–Kier alpha value is -1.53. The van der Waals surface area contributed by atoms with Crippen molar-refractivity contribution in [1.82, 2.24) is 10.6 Å². The molecule has 0 spiro atoms. The summed E-state index contributed by atoms with van der Waals surface area (Å²) >= 11 is 1.53. The van der Waals surface area contributed by atoms with Crippen LogP contribution in [0.5, 0.6) is 0 Å². The van der Waals surface area contributed by atoms with E-state index in [9.17, 15) is 9.59 Å². The summed E-state index contributed by atoms with van der Waals surface area (Å²) in [6.07, 6.45) is 2.08. The first-order valence-corrected chi connectivity index (χ1v) is 8.25. The minimum Gasteiger partial charge on any atom is -0.351 e. The highest BCUT2D eigenvalue weighted by molar-refractivity contribution is 8.00. The van der Waals surface area contributed by atoms with Gasteiger partial charge in [-0.2, -0.15) is 0 Å². The normalized spacial score (nSPS) is 21.8. The number of rotatable bonds is 3. The van der Waals surface area contributed by atoms with Gasteiger partial charge in [-0.15, -0.1) is 11.8 Å². The molecule has 2 aliphatic heterocycles. The molecule has 0 radical (unpaired) electrons. The highest BCUT2D eigenvalue weighted by Gasteiger charge is 2.27. The van der Waals surface area contributed by atoms with Crippen molar-refractivity contribution >= 4 is 29.3 Å². The van der Waals surface area contributed by atoms with Gasteiger partial charge in [0, 0.05) is 17.5 Å². The second-order valence-electron chi connectivity index (χ2n) is 5.35. The Morgan fingerprint density at radius 3 is 3.10 bits per heavy atom. The minimum absolute atomic E-state index is 0.00406. The molecule has 21 heavy (non-hydrogen) atoms. The molecule has 1 saturated heterocycles. The monoisotopic (exact) mass is 305 g/mol. The number of para-hydroxylation sites is 1. The standard InChI is InChI=1S/C15H19N3O2S/c19-14(17-11-4-3-7-16-8-11)9-18-12-5-1-2-6-13(12)21-10-15(18)20/h1-2,5-6,11,16H,3-4,7-10H2,(H,17,19)/t11-/m0/s1. The number of nitrogens with zero attached hydrogens (tertiary/aromatic N) is 1. The Morgan fingerprint density at radius 1 is 1.43 bits per heavy atom. The van der Waals surface area contributed by atoms with Crippen LogP contribution in [0.3, 0.4) is 0 Å². The van der Waals surface area contributed by atoms with Crippen LogP contribution in [0.1, 0.15) is 12.8 Å². The van der Waals surface area contributed by atoms with Crippen LogP contribution in [-0.4, -0.2) is 43.2 Å². The summed E-state index contributed by atoms with van der Waals surface area (Å²) in [5.74, 6) is 0.310. The van der Waals surface area contributed by atoms with Gasteiger partial charge in [-0.3, -0.25) is 9.59 Å². The molecule has 0 bridgehead atoms. The molecule has 6 heteroatoms. The Balaban J connectivity index is 1.66. The average molecular weight is 305 g/mol. The second-order valence-corrected chi connectivity index (χ2v) is 6.36. The van der Waals surface area contributed by atoms with Crippen molar-refractivity contribution in [1.29, 1.82) is 0 Å². The fourth-order valence-electron chi connectivity index (χ4n) is 2.72. The van der Waals surface area contributed by atoms with E-state index >= 15 is 0 Å². The molecule has 0 saturated carbocycles. The second kappa shape index (κ2) is 6.49. The summed E-state index contributed by atoms with van der Waals surface area (Å²) in [6.45, 7) is 1.93. The smallest absolute Gasteiger partial charge is 0.240 e. The zero-order valence-electron chi connectivity index (χ0n) is 11.8. The molecule has 1 fully saturated rings. The summed E-state index contributed by atoms with van der Waals surface area (Å²) < 4.78 is 0. The lowest BCUT2D eigenvalue weighted by molar-refractivity contribution is -0.123. The first kappa shape index (κ1) is 14.4. The number of hydrogen-bond donors (Lipinski definition) is 2. The summed E-state index contributed by atoms with van der Waals surface area (Å²) in [5, 5.41) is 6.29. The number of amides is 2. The van der Waals surface area contributed by atoms with Crippen LogP contribution in [0.15, 0.2) is 29.2 Å². The van der Waals surface area contributed by atoms with Crippen molar-refractivity contribution in [2.45, 2.75) is 23.8 Å². The molecule has 0 unspecified atom stereocenters. The predicted octanol–water partition coefficient (Wildman–Crippen LogP) is 0.993. The van der Waals surface area contributed by atoms with Crippen LogP contribution in [0.25, 0.3) is 0 Å². The number of anilines is 1. The van der Waals surface area contributed by atoms with Crippen LogP contribution >= 0.6 is 11.8 Å². The van der Waals surface area contributed by atoms with Crippen LogP contribution in [0.4, 0.5) is 5.69 Å². The highest BCUT2D eigenvalue weighted by atomic mass is 32.2. The van der Waals surface area contributed by atoms with Gasteiger partial charge in [0.25, 0.3) is 0 Å². The van der Waals surface area contributed by atoms with E-state index in [0.29, 0.717) is 5.75 Å². The van der Waals surface area contributed by atoms with E-state index in [1.54, 1.807) is 4.90 Å². The van der Waals surface area contributed by atoms with Crippen molar-refractivity contribution in [3.05, 3.63) is 24.3 Å². The van der Waals surface area contributed by atoms with Gasteiger partial charge in [0.1, 0.15) is 6.54 Å². The van der Waals surface area contributed by atoms with E-state index in [4.69, 9.17) is 0 Å². The number of carbonyl (C=O) groups excluding carboxylic acids is 2. The molecule has 1 aromatic rings. The molecule has 3 rings (SSSR count). The van der Waals surface area contributed by atoms with Crippen LogP contribution in [-0.2, 0) is 9.59 Å². The quantitative estimate of drug-likeness (QED) is 0.874. The van der Waals surface area contributed by atoms with Gasteiger partial charge in [0.05, 0.1) is 11.4 Å². The topological polar surface area (TPSA) is 61.4 Å². The van der Waals surface area contributed by atoms with Gasteiger partial charge in [-0.25, -0.2) is 0 Å². The first-order valence-electron chi connectivity index (χ1n) is 7.26. The van der Waals surface area contributed by atoms with Gasteiger partial charge in [-0.05, 0) is 31.5 Å². The first-order chi connectivity index (χ1) is 10.2. The van der Waals surface area contributed by atoms with Crippen molar-refractivity contribution in [3.8, 4) is 0 Å². The number of hydrogen-bond acceptors (Lipinski definition) is 4. The van der Waals surface area contributed by atoms with E-state index in [1.807, 2.05) is 24.3 Å². The molecular formula is C15H19N3O2S. The maximum absolute atomic E-state index is 12.2. The third kappa shape index (κ3) is 3.39. The van der Waals surface area contributed by atoms with Gasteiger partial charge in [-0.1, -0.05) is 12.1 Å². The van der Waals surface area contributed by atoms with E-state index in [2.05, 4.69) is 10.6 Å². The molecule has 2 heterocycles. The molecule has 5 nitrogen and oxygen atoms in total. The Bertz CT molecular complexity index is 543. The number of fused-ring (bicyclic) bond motifs is 1. The molecule has 0 aliphatic carbocycles. The maximum atomic E-state index is 12.2. The molecular weight excluding hydrogens is 286 g/mol. The Labute approximate surface area is 128 Å². The third-order valence-corrected chi connectivity index (χ3v) is 4.82. The molecule has 112 valence electrons. The van der Waals surface area contributed by atoms with Crippen LogP contribution < -0.4 is 15.5 Å². The Kier molecular flexibility index (Phi) is 4.45. The summed E-state index contributed by atoms with van der Waals surface area (Å²) in [7, 11) is 0. The largest absolute Gasteiger partial charge is 0.351 e. The number of nitrogens with one attached hydrogen (secondary N) is 2. The van der Waals surface area contributed by atoms with Gasteiger partial charge >= 0.3 is 0 Å². The maximum Gasteiger partial charge on any atom is 0.240 e. The van der Waals surface area contributed by atoms with E-state index in [1.165, 1.54) is 11.8 Å². The number of benzene rings is 1. The third-order valence-electron chi connectivity index (χ3n) is 3.77. The fraction of sp³-hybridized carbons (Fsp3) is 0.467. The van der Waals surface area contributed by atoms with Crippen molar-refractivity contribution in [3.63, 3.8) is 0 Å². The van der Waals surface area contributed by atoms with E-state index in [-0.39, 0.29) is 24.4 Å². The van der Waals surface area contributed by atoms with Gasteiger partial charge in [0.2, 0.25) is 11.8 Å². The number of piperidine rings is 1. The molecule has 1 atom stereocenters. The SMILES string of the molecule is O=C(CN1C(=O)CSc2ccccc21)N[C@H]1CCCNC1. The van der Waals surface area contributed by atoms with Crippen molar-refractivity contribution < 1.29 is 9.59 Å². The zero-order valence-corrected chi connectivity index (χ0v) is 12.6. The lowest BCUT2D eigenvalue weighted by Crippen LogP contribution is -2.50. The summed E-state index contributed by atoms with van der Waals surface area (Å²) in [6, 6.07) is 7.91. The van der Waals surface area contributed by atoms with Crippen LogP contribution in [0, 0.1) is 0 Å². The minimum atomic E-state index is -0.0845. The average Bonchev–Trinajstić information content (AvgIpc) is 2.51. The molecule has 2 amide bonds. The summed E-state index contributed by atoms with van der Waals surface area (Å²) in [5.41, 5.74) is 0.843. The Morgan fingerprint density at radius 2 is 2.29 bits per heavy atom. The number of carbonyl (C=O) groups is 2.